The highest BCUT2D eigenvalue weighted by Crippen LogP contribution is 3.02. The molecule has 144 valence electrons. The van der Waals surface area contributed by atoms with Crippen molar-refractivity contribution in [1.29, 1.82) is 0 Å². The van der Waals surface area contributed by atoms with Gasteiger partial charge in [0.15, 0.2) is 0 Å². The van der Waals surface area contributed by atoms with Gasteiger partial charge in [0.2, 0.25) is 0 Å². The van der Waals surface area contributed by atoms with E-state index in [4.69, 9.17) is 9.47 Å². The van der Waals surface area contributed by atoms with Gasteiger partial charge in [0.25, 0.3) is 0 Å². The van der Waals surface area contributed by atoms with Gasteiger partial charge in [-0.1, -0.05) is 26.4 Å². The van der Waals surface area contributed by atoms with E-state index in [2.05, 4.69) is 0 Å². The van der Waals surface area contributed by atoms with E-state index in [-0.39, 0.29) is 17.7 Å². The maximum Gasteiger partial charge on any atom is 0.343 e. The van der Waals surface area contributed by atoms with Crippen molar-refractivity contribution in [2.45, 2.75) is 18.2 Å². The predicted molar refractivity (Wildman–Crippen MR) is 85.0 cm³/mol. The van der Waals surface area contributed by atoms with Crippen LogP contribution in [0, 0.1) is 5.82 Å². The molecule has 0 bridgehead atoms. The highest BCUT2D eigenvalue weighted by Gasteiger charge is 2.67. The van der Waals surface area contributed by atoms with Crippen LogP contribution in [0.15, 0.2) is 47.4 Å². The quantitative estimate of drug-likeness (QED) is 0.316. The zero-order chi connectivity index (χ0) is 19.7. The Morgan fingerprint density at radius 3 is 2.04 bits per heavy atom. The van der Waals surface area contributed by atoms with Crippen LogP contribution in [-0.4, -0.2) is 12.6 Å². The van der Waals surface area contributed by atoms with Crippen LogP contribution < -0.4 is 9.47 Å². The fraction of sp³-hybridized carbons (Fsp3) is 0.188. The standard InChI is InChI=1S/C16H14F6O3S/c1-2-9-24-12-5-3-11(4-6-12)16(23)25-13-7-8-15(14(17)10-13)26(18,19,20,21)22/h3-8,10H,2,9H2,1H3. The molecule has 0 aromatic heterocycles. The van der Waals surface area contributed by atoms with E-state index in [1.807, 2.05) is 6.92 Å². The molecule has 2 rings (SSSR count). The molecular formula is C16H14F6O3S. The molecule has 0 spiro atoms. The van der Waals surface area contributed by atoms with E-state index in [1.54, 1.807) is 0 Å². The summed E-state index contributed by atoms with van der Waals surface area (Å²) in [5.41, 5.74) is 0.0195. The molecule has 0 saturated carbocycles. The minimum Gasteiger partial charge on any atom is -0.494 e. The summed E-state index contributed by atoms with van der Waals surface area (Å²) in [5.74, 6) is -3.36. The molecule has 3 nitrogen and oxygen atoms in total. The Labute approximate surface area is 145 Å². The molecule has 0 N–H and O–H groups in total. The second-order valence-corrected chi connectivity index (χ2v) is 7.70. The molecule has 0 aliphatic rings. The molecule has 0 atom stereocenters. The molecule has 0 aliphatic heterocycles. The van der Waals surface area contributed by atoms with Crippen LogP contribution in [0.2, 0.25) is 0 Å². The summed E-state index contributed by atoms with van der Waals surface area (Å²) in [5, 5.41) is 0. The number of carbonyl (C=O) groups excluding carboxylic acids is 1. The summed E-state index contributed by atoms with van der Waals surface area (Å²) >= 11 is 0. The van der Waals surface area contributed by atoms with Gasteiger partial charge in [-0.15, -0.1) is 0 Å². The number of benzene rings is 2. The number of rotatable bonds is 6. The van der Waals surface area contributed by atoms with Gasteiger partial charge >= 0.3 is 16.2 Å². The predicted octanol–water partition coefficient (Wildman–Crippen LogP) is 6.49. The summed E-state index contributed by atoms with van der Waals surface area (Å²) in [7, 11) is -10.2. The highest BCUT2D eigenvalue weighted by atomic mass is 32.5. The van der Waals surface area contributed by atoms with Crippen molar-refractivity contribution < 1.29 is 38.1 Å². The average Bonchev–Trinajstić information content (AvgIpc) is 2.50. The number of hydrogen-bond donors (Lipinski definition) is 0. The van der Waals surface area contributed by atoms with Crippen LogP contribution in [0.1, 0.15) is 23.7 Å². The molecule has 0 aliphatic carbocycles. The zero-order valence-electron chi connectivity index (χ0n) is 13.4. The van der Waals surface area contributed by atoms with E-state index in [0.717, 1.165) is 6.42 Å². The first kappa shape index (κ1) is 20.0. The average molecular weight is 400 g/mol. The molecule has 0 amide bonds. The molecule has 2 aromatic rings. The monoisotopic (exact) mass is 400 g/mol. The van der Waals surface area contributed by atoms with Crippen molar-refractivity contribution >= 4 is 16.2 Å². The topological polar surface area (TPSA) is 35.5 Å². The minimum absolute atomic E-state index is 0.0195. The van der Waals surface area contributed by atoms with Gasteiger partial charge in [-0.2, -0.15) is 0 Å². The summed E-state index contributed by atoms with van der Waals surface area (Å²) in [6, 6.07) is 6.02. The summed E-state index contributed by atoms with van der Waals surface area (Å²) in [6.07, 6.45) is 0.782. The molecule has 0 heterocycles. The fourth-order valence-electron chi connectivity index (χ4n) is 1.93. The van der Waals surface area contributed by atoms with Crippen LogP contribution in [0.3, 0.4) is 0 Å². The first-order valence-electron chi connectivity index (χ1n) is 7.29. The lowest BCUT2D eigenvalue weighted by Crippen LogP contribution is -2.11. The molecule has 10 heteroatoms. The number of ether oxygens (including phenoxy) is 2. The van der Waals surface area contributed by atoms with Gasteiger partial charge < -0.3 is 9.47 Å². The SMILES string of the molecule is CCCOc1ccc(C(=O)Oc2ccc(S(F)(F)(F)(F)F)c(F)c2)cc1. The van der Waals surface area contributed by atoms with Crippen molar-refractivity contribution in [1.82, 2.24) is 0 Å². The largest absolute Gasteiger partial charge is 0.494 e. The van der Waals surface area contributed by atoms with E-state index in [1.165, 1.54) is 24.3 Å². The molecule has 2 aromatic carbocycles. The van der Waals surface area contributed by atoms with E-state index >= 15 is 0 Å². The minimum atomic E-state index is -10.2. The van der Waals surface area contributed by atoms with Gasteiger partial charge in [-0.3, -0.25) is 0 Å². The van der Waals surface area contributed by atoms with Gasteiger partial charge in [-0.05, 0) is 42.8 Å². The zero-order valence-corrected chi connectivity index (χ0v) is 14.2. The normalized spacial score (nSPS) is 14.3. The lowest BCUT2D eigenvalue weighted by molar-refractivity contribution is 0.0734. The smallest absolute Gasteiger partial charge is 0.343 e. The Balaban J connectivity index is 2.16. The Kier molecular flexibility index (Phi) is 4.69. The first-order valence-corrected chi connectivity index (χ1v) is 9.24. The molecular weight excluding hydrogens is 386 g/mol. The lowest BCUT2D eigenvalue weighted by Gasteiger charge is -2.40. The number of carbonyl (C=O) groups is 1. The van der Waals surface area contributed by atoms with Gasteiger partial charge in [0, 0.05) is 6.07 Å². The van der Waals surface area contributed by atoms with Crippen LogP contribution in [0.4, 0.5) is 23.8 Å². The Bertz CT molecular complexity index is 819. The van der Waals surface area contributed by atoms with Crippen molar-refractivity contribution in [2.24, 2.45) is 0 Å². The fourth-order valence-corrected chi connectivity index (χ4v) is 2.68. The van der Waals surface area contributed by atoms with Gasteiger partial charge in [0.1, 0.15) is 22.2 Å². The van der Waals surface area contributed by atoms with Crippen molar-refractivity contribution in [3.63, 3.8) is 0 Å². The third-order valence-corrected chi connectivity index (χ3v) is 4.25. The molecule has 0 unspecified atom stereocenters. The van der Waals surface area contributed by atoms with Crippen LogP contribution in [0.5, 0.6) is 11.5 Å². The number of esters is 1. The molecule has 0 radical (unpaired) electrons. The van der Waals surface area contributed by atoms with Crippen LogP contribution in [0.25, 0.3) is 0 Å². The van der Waals surface area contributed by atoms with Crippen LogP contribution in [-0.2, 0) is 0 Å². The Morgan fingerprint density at radius 1 is 0.962 bits per heavy atom. The van der Waals surface area contributed by atoms with Gasteiger partial charge in [0.05, 0.1) is 12.2 Å². The maximum absolute atomic E-state index is 13.5. The van der Waals surface area contributed by atoms with E-state index in [0.29, 0.717) is 18.4 Å². The molecule has 0 fully saturated rings. The van der Waals surface area contributed by atoms with E-state index < -0.39 is 32.7 Å². The lowest BCUT2D eigenvalue weighted by atomic mass is 10.2. The number of hydrogen-bond acceptors (Lipinski definition) is 3. The summed E-state index contributed by atoms with van der Waals surface area (Å²) < 4.78 is 86.7. The summed E-state index contributed by atoms with van der Waals surface area (Å²) in [6.45, 7) is 2.38. The molecule has 0 saturated heterocycles. The first-order chi connectivity index (χ1) is 11.8. The van der Waals surface area contributed by atoms with E-state index in [9.17, 15) is 28.6 Å². The second-order valence-electron chi connectivity index (χ2n) is 5.32. The number of halogens is 6. The van der Waals surface area contributed by atoms with Crippen molar-refractivity contribution in [3.8, 4) is 11.5 Å². The Hall–Kier alpha value is -2.36. The van der Waals surface area contributed by atoms with Crippen LogP contribution >= 0.6 is 10.2 Å². The van der Waals surface area contributed by atoms with Crippen molar-refractivity contribution in [2.75, 3.05) is 6.61 Å². The third kappa shape index (κ3) is 5.07. The van der Waals surface area contributed by atoms with Crippen molar-refractivity contribution in [3.05, 3.63) is 53.8 Å². The maximum atomic E-state index is 13.5. The molecule has 26 heavy (non-hydrogen) atoms. The Morgan fingerprint density at radius 2 is 1.54 bits per heavy atom. The summed E-state index contributed by atoms with van der Waals surface area (Å²) in [4.78, 5) is 9.25. The second kappa shape index (κ2) is 6.11. The van der Waals surface area contributed by atoms with Gasteiger partial charge in [-0.25, -0.2) is 9.18 Å². The third-order valence-electron chi connectivity index (χ3n) is 3.09. The highest BCUT2D eigenvalue weighted by molar-refractivity contribution is 8.45.